The van der Waals surface area contributed by atoms with Gasteiger partial charge in [0.15, 0.2) is 0 Å². The smallest absolute Gasteiger partial charge is 0.124 e. The molecule has 2 rings (SSSR count). The maximum Gasteiger partial charge on any atom is 0.124 e. The van der Waals surface area contributed by atoms with Gasteiger partial charge in [-0.05, 0) is 36.7 Å². The maximum absolute atomic E-state index is 12.9. The quantitative estimate of drug-likeness (QED) is 0.702. The van der Waals surface area contributed by atoms with Crippen molar-refractivity contribution in [1.29, 1.82) is 0 Å². The summed E-state index contributed by atoms with van der Waals surface area (Å²) < 4.78 is 23.8. The molecule has 0 radical (unpaired) electrons. The molecule has 0 heterocycles. The van der Waals surface area contributed by atoms with Crippen LogP contribution in [0.2, 0.25) is 0 Å². The number of hydrogen-bond donors (Lipinski definition) is 1. The topological polar surface area (TPSA) is 30.5 Å². The molecule has 23 heavy (non-hydrogen) atoms. The molecule has 3 nitrogen and oxygen atoms in total. The van der Waals surface area contributed by atoms with Gasteiger partial charge in [-0.15, -0.1) is 12.4 Å². The van der Waals surface area contributed by atoms with E-state index in [9.17, 15) is 4.39 Å². The van der Waals surface area contributed by atoms with E-state index in [1.54, 1.807) is 19.2 Å². The predicted octanol–water partition coefficient (Wildman–Crippen LogP) is 3.95. The Morgan fingerprint density at radius 1 is 1.04 bits per heavy atom. The third kappa shape index (κ3) is 6.99. The van der Waals surface area contributed by atoms with Gasteiger partial charge in [0.05, 0.1) is 0 Å². The third-order valence-electron chi connectivity index (χ3n) is 3.30. The molecule has 0 aromatic heterocycles. The van der Waals surface area contributed by atoms with E-state index in [4.69, 9.17) is 9.47 Å². The molecule has 2 aromatic rings. The highest BCUT2D eigenvalue weighted by Gasteiger charge is 2.03. The lowest BCUT2D eigenvalue weighted by molar-refractivity contribution is 0.194. The molecule has 0 saturated carbocycles. The largest absolute Gasteiger partial charge is 0.489 e. The number of para-hydroxylation sites is 1. The van der Waals surface area contributed by atoms with Gasteiger partial charge in [-0.1, -0.05) is 30.3 Å². The number of benzene rings is 2. The van der Waals surface area contributed by atoms with E-state index in [-0.39, 0.29) is 18.2 Å². The number of rotatable bonds is 9. The summed E-state index contributed by atoms with van der Waals surface area (Å²) in [7, 11) is 1.71. The molecule has 0 bridgehead atoms. The second kappa shape index (κ2) is 11.0. The zero-order valence-corrected chi connectivity index (χ0v) is 14.1. The van der Waals surface area contributed by atoms with Crippen molar-refractivity contribution >= 4 is 12.4 Å². The molecule has 0 aliphatic heterocycles. The summed E-state index contributed by atoms with van der Waals surface area (Å²) in [4.78, 5) is 0. The Kier molecular flexibility index (Phi) is 9.29. The minimum absolute atomic E-state index is 0. The molecule has 0 fully saturated rings. The number of ether oxygens (including phenoxy) is 2. The summed E-state index contributed by atoms with van der Waals surface area (Å²) in [5.74, 6) is 0.621. The zero-order chi connectivity index (χ0) is 15.6. The number of hydrogen-bond acceptors (Lipinski definition) is 3. The van der Waals surface area contributed by atoms with Crippen LogP contribution in [0, 0.1) is 5.82 Å². The van der Waals surface area contributed by atoms with Crippen molar-refractivity contribution < 1.29 is 13.9 Å². The van der Waals surface area contributed by atoms with E-state index in [0.29, 0.717) is 6.61 Å². The van der Waals surface area contributed by atoms with Crippen LogP contribution < -0.4 is 10.1 Å². The van der Waals surface area contributed by atoms with Gasteiger partial charge in [0.1, 0.15) is 18.2 Å². The van der Waals surface area contributed by atoms with E-state index < -0.39 is 0 Å². The van der Waals surface area contributed by atoms with Crippen molar-refractivity contribution in [3.8, 4) is 5.75 Å². The van der Waals surface area contributed by atoms with Gasteiger partial charge in [-0.3, -0.25) is 0 Å². The molecular weight excluding hydrogens is 317 g/mol. The van der Waals surface area contributed by atoms with Crippen molar-refractivity contribution in [1.82, 2.24) is 5.32 Å². The van der Waals surface area contributed by atoms with Crippen LogP contribution in [-0.2, 0) is 17.9 Å². The van der Waals surface area contributed by atoms with Gasteiger partial charge in [-0.2, -0.15) is 0 Å². The summed E-state index contributed by atoms with van der Waals surface area (Å²) >= 11 is 0. The minimum atomic E-state index is -0.232. The molecule has 0 aliphatic carbocycles. The highest BCUT2D eigenvalue weighted by Crippen LogP contribution is 2.19. The first kappa shape index (κ1) is 19.4. The molecule has 0 saturated heterocycles. The van der Waals surface area contributed by atoms with Crippen LogP contribution >= 0.6 is 12.4 Å². The highest BCUT2D eigenvalue weighted by molar-refractivity contribution is 5.85. The zero-order valence-electron chi connectivity index (χ0n) is 13.3. The van der Waals surface area contributed by atoms with E-state index in [1.165, 1.54) is 12.1 Å². The number of halogens is 2. The van der Waals surface area contributed by atoms with Crippen molar-refractivity contribution in [2.24, 2.45) is 0 Å². The summed E-state index contributed by atoms with van der Waals surface area (Å²) in [6.07, 6.45) is 0.981. The summed E-state index contributed by atoms with van der Waals surface area (Å²) in [5, 5.41) is 3.37. The Morgan fingerprint density at radius 2 is 1.78 bits per heavy atom. The van der Waals surface area contributed by atoms with E-state index in [0.717, 1.165) is 43.0 Å². The van der Waals surface area contributed by atoms with E-state index in [2.05, 4.69) is 5.32 Å². The fourth-order valence-corrected chi connectivity index (χ4v) is 2.10. The molecular formula is C18H23ClFNO2. The fourth-order valence-electron chi connectivity index (χ4n) is 2.10. The molecule has 0 amide bonds. The van der Waals surface area contributed by atoms with Crippen molar-refractivity contribution in [2.45, 2.75) is 19.6 Å². The fraction of sp³-hybridized carbons (Fsp3) is 0.333. The van der Waals surface area contributed by atoms with Crippen LogP contribution in [0.25, 0.3) is 0 Å². The molecule has 1 N–H and O–H groups in total. The monoisotopic (exact) mass is 339 g/mol. The Bertz CT molecular complexity index is 563. The lowest BCUT2D eigenvalue weighted by atomic mass is 10.2. The average molecular weight is 340 g/mol. The summed E-state index contributed by atoms with van der Waals surface area (Å²) in [6, 6.07) is 14.3. The van der Waals surface area contributed by atoms with Crippen LogP contribution in [-0.4, -0.2) is 20.3 Å². The Morgan fingerprint density at radius 3 is 2.52 bits per heavy atom. The average Bonchev–Trinajstić information content (AvgIpc) is 2.55. The Labute approximate surface area is 143 Å². The second-order valence-electron chi connectivity index (χ2n) is 5.05. The van der Waals surface area contributed by atoms with Crippen LogP contribution in [0.5, 0.6) is 5.75 Å². The number of nitrogens with one attached hydrogen (secondary N) is 1. The maximum atomic E-state index is 12.9. The van der Waals surface area contributed by atoms with Gasteiger partial charge in [-0.25, -0.2) is 4.39 Å². The molecule has 0 aliphatic rings. The van der Waals surface area contributed by atoms with Gasteiger partial charge < -0.3 is 14.8 Å². The molecule has 0 atom stereocenters. The van der Waals surface area contributed by atoms with Crippen LogP contribution in [0.15, 0.2) is 48.5 Å². The predicted molar refractivity (Wildman–Crippen MR) is 92.6 cm³/mol. The van der Waals surface area contributed by atoms with E-state index >= 15 is 0 Å². The minimum Gasteiger partial charge on any atom is -0.489 e. The first-order chi connectivity index (χ1) is 10.8. The first-order valence-electron chi connectivity index (χ1n) is 7.44. The lowest BCUT2D eigenvalue weighted by Crippen LogP contribution is -2.16. The Balaban J connectivity index is 0.00000264. The normalized spacial score (nSPS) is 10.2. The second-order valence-corrected chi connectivity index (χ2v) is 5.05. The van der Waals surface area contributed by atoms with Gasteiger partial charge in [0.2, 0.25) is 0 Å². The van der Waals surface area contributed by atoms with Crippen LogP contribution in [0.4, 0.5) is 4.39 Å². The SMILES string of the molecule is COCCCNCc1ccccc1OCc1ccc(F)cc1.Cl. The molecule has 0 spiro atoms. The molecule has 5 heteroatoms. The molecule has 126 valence electrons. The molecule has 2 aromatic carbocycles. The van der Waals surface area contributed by atoms with Gasteiger partial charge >= 0.3 is 0 Å². The van der Waals surface area contributed by atoms with Crippen molar-refractivity contribution in [3.05, 3.63) is 65.5 Å². The van der Waals surface area contributed by atoms with Crippen molar-refractivity contribution in [3.63, 3.8) is 0 Å². The summed E-state index contributed by atoms with van der Waals surface area (Å²) in [5.41, 5.74) is 2.06. The number of methoxy groups -OCH3 is 1. The van der Waals surface area contributed by atoms with Gasteiger partial charge in [0.25, 0.3) is 0 Å². The van der Waals surface area contributed by atoms with Gasteiger partial charge in [0, 0.05) is 25.8 Å². The first-order valence-corrected chi connectivity index (χ1v) is 7.44. The third-order valence-corrected chi connectivity index (χ3v) is 3.30. The summed E-state index contributed by atoms with van der Waals surface area (Å²) in [6.45, 7) is 2.85. The Hall–Kier alpha value is -1.62. The van der Waals surface area contributed by atoms with E-state index in [1.807, 2.05) is 24.3 Å². The van der Waals surface area contributed by atoms with Crippen LogP contribution in [0.3, 0.4) is 0 Å². The highest BCUT2D eigenvalue weighted by atomic mass is 35.5. The molecule has 0 unspecified atom stereocenters. The lowest BCUT2D eigenvalue weighted by Gasteiger charge is -2.12. The van der Waals surface area contributed by atoms with Crippen molar-refractivity contribution in [2.75, 3.05) is 20.3 Å². The standard InChI is InChI=1S/C18H22FNO2.ClH/c1-21-12-4-11-20-13-16-5-2-3-6-18(16)22-14-15-7-9-17(19)10-8-15;/h2-3,5-10,20H,4,11-14H2,1H3;1H. The van der Waals surface area contributed by atoms with Crippen LogP contribution in [0.1, 0.15) is 17.5 Å².